The van der Waals surface area contributed by atoms with E-state index in [1.165, 1.54) is 42.3 Å². The van der Waals surface area contributed by atoms with E-state index in [4.69, 9.17) is 9.47 Å². The molecule has 0 aliphatic rings. The Morgan fingerprint density at radius 2 is 1.00 bits per heavy atom. The number of hydrogen-bond acceptors (Lipinski definition) is 6. The van der Waals surface area contributed by atoms with Gasteiger partial charge in [0.15, 0.2) is 0 Å². The first kappa shape index (κ1) is 14.9. The van der Waals surface area contributed by atoms with Crippen molar-refractivity contribution in [3.05, 3.63) is 0 Å². The van der Waals surface area contributed by atoms with E-state index in [0.717, 1.165) is 0 Å². The Morgan fingerprint density at radius 1 is 0.750 bits per heavy atom. The van der Waals surface area contributed by atoms with Crippen molar-refractivity contribution in [2.24, 2.45) is 0 Å². The van der Waals surface area contributed by atoms with Crippen LogP contribution in [0.5, 0.6) is 0 Å². The van der Waals surface area contributed by atoms with Crippen molar-refractivity contribution < 1.29 is 28.5 Å². The summed E-state index contributed by atoms with van der Waals surface area (Å²) in [6.45, 7) is 2.80. The van der Waals surface area contributed by atoms with E-state index in [2.05, 4.69) is 9.47 Å². The molecule has 0 bridgehead atoms. The molecule has 0 radical (unpaired) electrons. The SMILES string of the molecule is COC(=O)C(C)(OC)C(C)(OC)C(=O)OC. The fourth-order valence-corrected chi connectivity index (χ4v) is 1.34. The molecular weight excluding hydrogens is 216 g/mol. The minimum Gasteiger partial charge on any atom is -0.467 e. The van der Waals surface area contributed by atoms with E-state index < -0.39 is 23.1 Å². The minimum absolute atomic E-state index is 0.718. The van der Waals surface area contributed by atoms with Crippen LogP contribution in [0.1, 0.15) is 13.8 Å². The van der Waals surface area contributed by atoms with Gasteiger partial charge in [-0.3, -0.25) is 0 Å². The molecule has 6 nitrogen and oxygen atoms in total. The third-order valence-electron chi connectivity index (χ3n) is 2.88. The molecule has 94 valence electrons. The van der Waals surface area contributed by atoms with Crippen LogP contribution in [0.2, 0.25) is 0 Å². The predicted molar refractivity (Wildman–Crippen MR) is 54.9 cm³/mol. The average Bonchev–Trinajstić information content (AvgIpc) is 2.34. The van der Waals surface area contributed by atoms with E-state index in [1.54, 1.807) is 0 Å². The predicted octanol–water partition coefficient (Wildman–Crippen LogP) is 0.143. The summed E-state index contributed by atoms with van der Waals surface area (Å²) in [5, 5.41) is 0. The van der Waals surface area contributed by atoms with Gasteiger partial charge in [0.1, 0.15) is 0 Å². The van der Waals surface area contributed by atoms with Crippen LogP contribution in [-0.4, -0.2) is 51.6 Å². The summed E-state index contributed by atoms with van der Waals surface area (Å²) in [6.07, 6.45) is 0. The molecule has 0 heterocycles. The fraction of sp³-hybridized carbons (Fsp3) is 0.800. The second-order valence-electron chi connectivity index (χ2n) is 3.46. The second-order valence-corrected chi connectivity index (χ2v) is 3.46. The van der Waals surface area contributed by atoms with Crippen molar-refractivity contribution in [2.45, 2.75) is 25.0 Å². The highest BCUT2D eigenvalue weighted by Gasteiger charge is 2.58. The van der Waals surface area contributed by atoms with Crippen molar-refractivity contribution in [1.82, 2.24) is 0 Å². The van der Waals surface area contributed by atoms with E-state index in [1.807, 2.05) is 0 Å². The smallest absolute Gasteiger partial charge is 0.341 e. The standard InChI is InChI=1S/C10H18O6/c1-9(15-5,7(11)13-3)10(2,16-6)8(12)14-4/h1-6H3. The maximum atomic E-state index is 11.7. The van der Waals surface area contributed by atoms with Crippen LogP contribution in [0.15, 0.2) is 0 Å². The Kier molecular flexibility index (Phi) is 4.89. The number of carbonyl (C=O) groups is 2. The molecule has 0 aromatic carbocycles. The van der Waals surface area contributed by atoms with Gasteiger partial charge in [0.05, 0.1) is 14.2 Å². The van der Waals surface area contributed by atoms with E-state index >= 15 is 0 Å². The summed E-state index contributed by atoms with van der Waals surface area (Å²) in [4.78, 5) is 23.3. The molecule has 0 aliphatic carbocycles. The average molecular weight is 234 g/mol. The van der Waals surface area contributed by atoms with Gasteiger partial charge in [0, 0.05) is 14.2 Å². The lowest BCUT2D eigenvalue weighted by molar-refractivity contribution is -0.214. The Labute approximate surface area is 94.8 Å². The Balaban J connectivity index is 5.48. The maximum Gasteiger partial charge on any atom is 0.341 e. The Bertz CT molecular complexity index is 248. The molecule has 2 atom stereocenters. The topological polar surface area (TPSA) is 71.1 Å². The van der Waals surface area contributed by atoms with Gasteiger partial charge in [0.25, 0.3) is 0 Å². The van der Waals surface area contributed by atoms with Crippen LogP contribution in [0.25, 0.3) is 0 Å². The number of esters is 2. The number of ether oxygens (including phenoxy) is 4. The molecule has 0 aromatic rings. The third-order valence-corrected chi connectivity index (χ3v) is 2.88. The fourth-order valence-electron chi connectivity index (χ4n) is 1.34. The zero-order valence-corrected chi connectivity index (χ0v) is 10.4. The first-order valence-corrected chi connectivity index (χ1v) is 4.61. The molecule has 0 aromatic heterocycles. The highest BCUT2D eigenvalue weighted by molar-refractivity contribution is 5.92. The van der Waals surface area contributed by atoms with Crippen molar-refractivity contribution in [1.29, 1.82) is 0 Å². The van der Waals surface area contributed by atoms with Crippen LogP contribution < -0.4 is 0 Å². The molecule has 2 unspecified atom stereocenters. The molecule has 0 rings (SSSR count). The van der Waals surface area contributed by atoms with Gasteiger partial charge in [-0.05, 0) is 13.8 Å². The lowest BCUT2D eigenvalue weighted by Crippen LogP contribution is -2.63. The minimum atomic E-state index is -1.58. The second kappa shape index (κ2) is 5.27. The van der Waals surface area contributed by atoms with Crippen LogP contribution in [-0.2, 0) is 28.5 Å². The molecular formula is C10H18O6. The lowest BCUT2D eigenvalue weighted by Gasteiger charge is -2.39. The van der Waals surface area contributed by atoms with Crippen molar-refractivity contribution >= 4 is 11.9 Å². The molecule has 6 heteroatoms. The van der Waals surface area contributed by atoms with Gasteiger partial charge in [-0.2, -0.15) is 0 Å². The molecule has 0 saturated carbocycles. The largest absolute Gasteiger partial charge is 0.467 e. The monoisotopic (exact) mass is 234 g/mol. The highest BCUT2D eigenvalue weighted by Crippen LogP contribution is 2.31. The summed E-state index contributed by atoms with van der Waals surface area (Å²) in [5.74, 6) is -1.44. The summed E-state index contributed by atoms with van der Waals surface area (Å²) in [5.41, 5.74) is -3.16. The molecule has 0 saturated heterocycles. The molecule has 0 N–H and O–H groups in total. The van der Waals surface area contributed by atoms with Crippen LogP contribution >= 0.6 is 0 Å². The summed E-state index contributed by atoms with van der Waals surface area (Å²) < 4.78 is 19.3. The zero-order chi connectivity index (χ0) is 13.0. The number of carbonyl (C=O) groups excluding carboxylic acids is 2. The van der Waals surface area contributed by atoms with Crippen molar-refractivity contribution in [3.63, 3.8) is 0 Å². The summed E-state index contributed by atoms with van der Waals surface area (Å²) in [7, 11) is 4.98. The number of hydrogen-bond donors (Lipinski definition) is 0. The van der Waals surface area contributed by atoms with Gasteiger partial charge in [-0.25, -0.2) is 9.59 Å². The zero-order valence-electron chi connectivity index (χ0n) is 10.4. The van der Waals surface area contributed by atoms with Gasteiger partial charge in [0.2, 0.25) is 11.2 Å². The molecule has 0 fully saturated rings. The van der Waals surface area contributed by atoms with E-state index in [0.29, 0.717) is 0 Å². The van der Waals surface area contributed by atoms with Crippen LogP contribution in [0.4, 0.5) is 0 Å². The molecule has 0 spiro atoms. The lowest BCUT2D eigenvalue weighted by atomic mass is 9.85. The first-order valence-electron chi connectivity index (χ1n) is 4.61. The molecule has 0 amide bonds. The van der Waals surface area contributed by atoms with Gasteiger partial charge in [-0.15, -0.1) is 0 Å². The van der Waals surface area contributed by atoms with Crippen LogP contribution in [0, 0.1) is 0 Å². The van der Waals surface area contributed by atoms with Gasteiger partial charge >= 0.3 is 11.9 Å². The normalized spacial score (nSPS) is 18.1. The van der Waals surface area contributed by atoms with Crippen molar-refractivity contribution in [3.8, 4) is 0 Å². The van der Waals surface area contributed by atoms with Gasteiger partial charge < -0.3 is 18.9 Å². The number of rotatable bonds is 5. The molecule has 16 heavy (non-hydrogen) atoms. The highest BCUT2D eigenvalue weighted by atomic mass is 16.6. The van der Waals surface area contributed by atoms with E-state index in [9.17, 15) is 9.59 Å². The third kappa shape index (κ3) is 2.03. The number of methoxy groups -OCH3 is 4. The van der Waals surface area contributed by atoms with Crippen molar-refractivity contribution in [2.75, 3.05) is 28.4 Å². The maximum absolute atomic E-state index is 11.7. The Hall–Kier alpha value is -1.14. The van der Waals surface area contributed by atoms with Crippen LogP contribution in [0.3, 0.4) is 0 Å². The van der Waals surface area contributed by atoms with E-state index in [-0.39, 0.29) is 0 Å². The first-order chi connectivity index (χ1) is 7.33. The molecule has 0 aliphatic heterocycles. The summed E-state index contributed by atoms with van der Waals surface area (Å²) in [6, 6.07) is 0. The summed E-state index contributed by atoms with van der Waals surface area (Å²) >= 11 is 0. The van der Waals surface area contributed by atoms with Gasteiger partial charge in [-0.1, -0.05) is 0 Å². The Morgan fingerprint density at radius 3 is 1.12 bits per heavy atom. The quantitative estimate of drug-likeness (QED) is 0.630.